The van der Waals surface area contributed by atoms with Gasteiger partial charge in [0.1, 0.15) is 0 Å². The molecule has 5 rings (SSSR count). The number of hydrogen-bond acceptors (Lipinski definition) is 7. The Bertz CT molecular complexity index is 1080. The van der Waals surface area contributed by atoms with Gasteiger partial charge in [-0.2, -0.15) is 4.98 Å². The first-order chi connectivity index (χ1) is 15.6. The lowest BCUT2D eigenvalue weighted by atomic mass is 9.78. The van der Waals surface area contributed by atoms with E-state index in [9.17, 15) is 4.79 Å². The topological polar surface area (TPSA) is 94.2 Å². The maximum Gasteiger partial charge on any atom is 0.255 e. The normalized spacial score (nSPS) is 20.4. The molecule has 8 nitrogen and oxygen atoms in total. The van der Waals surface area contributed by atoms with Crippen molar-refractivity contribution in [3.63, 3.8) is 0 Å². The Labute approximate surface area is 187 Å². The highest BCUT2D eigenvalue weighted by Crippen LogP contribution is 2.39. The second-order valence-corrected chi connectivity index (χ2v) is 8.82. The molecule has 0 bridgehead atoms. The largest absolute Gasteiger partial charge is 0.375 e. The molecule has 0 saturated carbocycles. The van der Waals surface area contributed by atoms with Crippen LogP contribution in [0, 0.1) is 12.8 Å². The van der Waals surface area contributed by atoms with Crippen LogP contribution in [0.5, 0.6) is 0 Å². The van der Waals surface area contributed by atoms with Gasteiger partial charge in [0.15, 0.2) is 0 Å². The fraction of sp³-hybridized carbons (Fsp3) is 0.458. The summed E-state index contributed by atoms with van der Waals surface area (Å²) in [5.41, 5.74) is 2.38. The molecule has 0 aliphatic carbocycles. The number of aromatic nitrogens is 4. The van der Waals surface area contributed by atoms with Gasteiger partial charge >= 0.3 is 0 Å². The zero-order valence-corrected chi connectivity index (χ0v) is 18.2. The number of carbonyl (C=O) groups is 1. The second-order valence-electron chi connectivity index (χ2n) is 8.82. The fourth-order valence-corrected chi connectivity index (χ4v) is 4.83. The van der Waals surface area contributed by atoms with Crippen molar-refractivity contribution in [2.45, 2.75) is 44.6 Å². The highest BCUT2D eigenvalue weighted by Gasteiger charge is 2.41. The smallest absolute Gasteiger partial charge is 0.255 e. The zero-order valence-electron chi connectivity index (χ0n) is 18.2. The molecule has 5 heterocycles. The standard InChI is InChI=1S/C24H27N5O3/c1-17-2-8-26-16-20(17)23(30)29-11-6-24(7-12-29)15-18(5-13-31-24)14-21-27-22(28-32-21)19-3-9-25-10-4-19/h2-4,8-10,16,18H,5-7,11-15H2,1H3. The number of aryl methyl sites for hydroxylation is 1. The molecular weight excluding hydrogens is 406 g/mol. The van der Waals surface area contributed by atoms with Crippen LogP contribution in [0.15, 0.2) is 47.5 Å². The van der Waals surface area contributed by atoms with Crippen LogP contribution in [0.3, 0.4) is 0 Å². The summed E-state index contributed by atoms with van der Waals surface area (Å²) >= 11 is 0. The number of piperidine rings is 1. The van der Waals surface area contributed by atoms with Crippen LogP contribution in [-0.2, 0) is 11.2 Å². The molecule has 0 aromatic carbocycles. The van der Waals surface area contributed by atoms with Crippen molar-refractivity contribution in [2.24, 2.45) is 5.92 Å². The van der Waals surface area contributed by atoms with Crippen LogP contribution in [0.1, 0.15) is 47.5 Å². The first kappa shape index (κ1) is 20.8. The highest BCUT2D eigenvalue weighted by molar-refractivity contribution is 5.95. The number of rotatable bonds is 4. The molecule has 166 valence electrons. The van der Waals surface area contributed by atoms with Crippen LogP contribution in [0.2, 0.25) is 0 Å². The third-order valence-corrected chi connectivity index (χ3v) is 6.70. The number of ether oxygens (including phenoxy) is 1. The van der Waals surface area contributed by atoms with Crippen LogP contribution in [0.25, 0.3) is 11.4 Å². The van der Waals surface area contributed by atoms with E-state index in [1.54, 1.807) is 24.8 Å². The maximum atomic E-state index is 12.9. The minimum absolute atomic E-state index is 0.0623. The van der Waals surface area contributed by atoms with Crippen molar-refractivity contribution >= 4 is 5.91 Å². The predicted octanol–water partition coefficient (Wildman–Crippen LogP) is 3.48. The van der Waals surface area contributed by atoms with E-state index >= 15 is 0 Å². The van der Waals surface area contributed by atoms with E-state index < -0.39 is 0 Å². The monoisotopic (exact) mass is 433 g/mol. The van der Waals surface area contributed by atoms with Gasteiger partial charge in [0.05, 0.1) is 11.2 Å². The summed E-state index contributed by atoms with van der Waals surface area (Å²) in [7, 11) is 0. The average molecular weight is 434 g/mol. The second kappa shape index (κ2) is 8.78. The van der Waals surface area contributed by atoms with Gasteiger partial charge in [-0.3, -0.25) is 14.8 Å². The summed E-state index contributed by atoms with van der Waals surface area (Å²) in [5.74, 6) is 1.75. The third kappa shape index (κ3) is 4.27. The summed E-state index contributed by atoms with van der Waals surface area (Å²) in [4.78, 5) is 27.6. The van der Waals surface area contributed by atoms with E-state index in [2.05, 4.69) is 20.1 Å². The average Bonchev–Trinajstić information content (AvgIpc) is 3.29. The maximum absolute atomic E-state index is 12.9. The molecule has 8 heteroatoms. The molecule has 3 aromatic rings. The summed E-state index contributed by atoms with van der Waals surface area (Å²) in [6.07, 6.45) is 11.2. The van der Waals surface area contributed by atoms with Crippen LogP contribution in [-0.4, -0.2) is 56.2 Å². The Balaban J connectivity index is 1.20. The Morgan fingerprint density at radius 3 is 2.72 bits per heavy atom. The van der Waals surface area contributed by atoms with E-state index in [1.165, 1.54) is 0 Å². The zero-order chi connectivity index (χ0) is 22.0. The lowest BCUT2D eigenvalue weighted by molar-refractivity contribution is -0.124. The minimum Gasteiger partial charge on any atom is -0.375 e. The van der Waals surface area contributed by atoms with E-state index in [0.717, 1.165) is 49.8 Å². The van der Waals surface area contributed by atoms with E-state index in [1.807, 2.05) is 30.0 Å². The molecule has 1 spiro atoms. The summed E-state index contributed by atoms with van der Waals surface area (Å²) in [6.45, 7) is 4.08. The SMILES string of the molecule is Cc1ccncc1C(=O)N1CCC2(CC1)CC(Cc1nc(-c3ccncc3)no1)CCO2. The molecule has 2 saturated heterocycles. The fourth-order valence-electron chi connectivity index (χ4n) is 4.83. The molecule has 3 aromatic heterocycles. The van der Waals surface area contributed by atoms with Crippen molar-refractivity contribution in [2.75, 3.05) is 19.7 Å². The number of carbonyl (C=O) groups excluding carboxylic acids is 1. The quantitative estimate of drug-likeness (QED) is 0.622. The van der Waals surface area contributed by atoms with E-state index in [-0.39, 0.29) is 11.5 Å². The first-order valence-electron chi connectivity index (χ1n) is 11.2. The minimum atomic E-state index is -0.169. The van der Waals surface area contributed by atoms with Gasteiger partial charge in [-0.1, -0.05) is 5.16 Å². The van der Waals surface area contributed by atoms with E-state index in [4.69, 9.17) is 9.26 Å². The van der Waals surface area contributed by atoms with Crippen molar-refractivity contribution in [3.05, 3.63) is 60.0 Å². The molecule has 2 aliphatic rings. The molecule has 0 radical (unpaired) electrons. The van der Waals surface area contributed by atoms with Crippen molar-refractivity contribution in [1.29, 1.82) is 0 Å². The van der Waals surface area contributed by atoms with Crippen LogP contribution < -0.4 is 0 Å². The molecule has 2 fully saturated rings. The summed E-state index contributed by atoms with van der Waals surface area (Å²) < 4.78 is 11.8. The van der Waals surface area contributed by atoms with Gasteiger partial charge in [0.25, 0.3) is 5.91 Å². The van der Waals surface area contributed by atoms with Gasteiger partial charge < -0.3 is 14.2 Å². The number of pyridine rings is 2. The molecular formula is C24H27N5O3. The first-order valence-corrected chi connectivity index (χ1v) is 11.2. The van der Waals surface area contributed by atoms with Gasteiger partial charge in [-0.05, 0) is 62.3 Å². The lowest BCUT2D eigenvalue weighted by Gasteiger charge is -2.46. The molecule has 1 atom stereocenters. The van der Waals surface area contributed by atoms with Gasteiger partial charge in [-0.25, -0.2) is 0 Å². The predicted molar refractivity (Wildman–Crippen MR) is 117 cm³/mol. The van der Waals surface area contributed by atoms with Crippen molar-refractivity contribution < 1.29 is 14.1 Å². The van der Waals surface area contributed by atoms with Crippen molar-refractivity contribution in [3.8, 4) is 11.4 Å². The number of hydrogen-bond donors (Lipinski definition) is 0. The molecule has 1 unspecified atom stereocenters. The Morgan fingerprint density at radius 2 is 1.94 bits per heavy atom. The third-order valence-electron chi connectivity index (χ3n) is 6.70. The highest BCUT2D eigenvalue weighted by atomic mass is 16.5. The Morgan fingerprint density at radius 1 is 1.16 bits per heavy atom. The van der Waals surface area contributed by atoms with Crippen LogP contribution in [0.4, 0.5) is 0 Å². The molecule has 2 aliphatic heterocycles. The lowest BCUT2D eigenvalue weighted by Crippen LogP contribution is -2.51. The van der Waals surface area contributed by atoms with Gasteiger partial charge in [-0.15, -0.1) is 0 Å². The molecule has 1 amide bonds. The number of amides is 1. The van der Waals surface area contributed by atoms with Crippen LogP contribution >= 0.6 is 0 Å². The Hall–Kier alpha value is -3.13. The number of likely N-dealkylation sites (tertiary alicyclic amines) is 1. The van der Waals surface area contributed by atoms with Gasteiger partial charge in [0.2, 0.25) is 11.7 Å². The van der Waals surface area contributed by atoms with Crippen molar-refractivity contribution in [1.82, 2.24) is 25.0 Å². The summed E-state index contributed by atoms with van der Waals surface area (Å²) in [5, 5.41) is 4.13. The molecule has 0 N–H and O–H groups in total. The number of nitrogens with zero attached hydrogens (tertiary/aromatic N) is 5. The van der Waals surface area contributed by atoms with Gasteiger partial charge in [0, 0.05) is 56.5 Å². The van der Waals surface area contributed by atoms with E-state index in [0.29, 0.717) is 36.3 Å². The Kier molecular flexibility index (Phi) is 5.70. The summed E-state index contributed by atoms with van der Waals surface area (Å²) in [6, 6.07) is 5.63. The molecule has 32 heavy (non-hydrogen) atoms.